The molecule has 0 unspecified atom stereocenters. The predicted octanol–water partition coefficient (Wildman–Crippen LogP) is 2.59. The molecule has 4 rings (SSSR count). The molecule has 0 spiro atoms. The van der Waals surface area contributed by atoms with Crippen molar-refractivity contribution in [2.45, 2.75) is 0 Å². The zero-order chi connectivity index (χ0) is 18.3. The largest absolute Gasteiger partial charge is 0.493 e. The second kappa shape index (κ2) is 6.11. The Kier molecular flexibility index (Phi) is 3.76. The van der Waals surface area contributed by atoms with Crippen LogP contribution in [0.15, 0.2) is 42.7 Å². The van der Waals surface area contributed by atoms with Gasteiger partial charge in [0.2, 0.25) is 0 Å². The average molecular weight is 350 g/mol. The van der Waals surface area contributed by atoms with Gasteiger partial charge in [-0.15, -0.1) is 0 Å². The van der Waals surface area contributed by atoms with Crippen LogP contribution in [0.3, 0.4) is 0 Å². The topological polar surface area (TPSA) is 95.2 Å². The molecule has 7 nitrogen and oxygen atoms in total. The van der Waals surface area contributed by atoms with Gasteiger partial charge in [-0.2, -0.15) is 0 Å². The Bertz CT molecular complexity index is 1090. The summed E-state index contributed by atoms with van der Waals surface area (Å²) in [4.78, 5) is 18.7. The van der Waals surface area contributed by atoms with E-state index in [-0.39, 0.29) is 6.61 Å². The van der Waals surface area contributed by atoms with Crippen LogP contribution < -0.4 is 15.2 Å². The Balaban J connectivity index is 1.87. The Morgan fingerprint density at radius 2 is 2.15 bits per heavy atom. The van der Waals surface area contributed by atoms with Crippen molar-refractivity contribution in [2.75, 3.05) is 13.7 Å². The lowest BCUT2D eigenvalue weighted by Gasteiger charge is -2.10. The van der Waals surface area contributed by atoms with Crippen LogP contribution in [0.4, 0.5) is 0 Å². The number of carbonyl (C=O) groups is 1. The standard InChI is InChI=1S/C19H18N4O3/c1-23-9-13(14-6-11-4-3-5-21-19(11)22-14)12-7-16(25-2)17(8-15(12)23)26-10-18(20)24/h3-9H,10H2,1-2H3,(H2,20,24)(H,21,22). The number of hydrogen-bond acceptors (Lipinski definition) is 4. The van der Waals surface area contributed by atoms with Crippen molar-refractivity contribution in [3.05, 3.63) is 42.7 Å². The second-order valence-electron chi connectivity index (χ2n) is 6.05. The van der Waals surface area contributed by atoms with Gasteiger partial charge in [0.25, 0.3) is 5.91 Å². The minimum Gasteiger partial charge on any atom is -0.493 e. The molecule has 0 saturated carbocycles. The highest BCUT2D eigenvalue weighted by Gasteiger charge is 2.16. The molecule has 3 heterocycles. The Morgan fingerprint density at radius 1 is 1.31 bits per heavy atom. The average Bonchev–Trinajstić information content (AvgIpc) is 3.20. The SMILES string of the molecule is COc1cc2c(-c3cc4cccnc4[nH]3)cn(C)c2cc1OCC(N)=O. The molecule has 132 valence electrons. The molecule has 0 atom stereocenters. The number of carbonyl (C=O) groups excluding carboxylic acids is 1. The summed E-state index contributed by atoms with van der Waals surface area (Å²) in [5, 5.41) is 2.05. The van der Waals surface area contributed by atoms with Crippen LogP contribution in [0.25, 0.3) is 33.2 Å². The monoisotopic (exact) mass is 350 g/mol. The molecule has 3 aromatic heterocycles. The molecular formula is C19H18N4O3. The molecule has 0 aliphatic rings. The molecule has 26 heavy (non-hydrogen) atoms. The van der Waals surface area contributed by atoms with E-state index >= 15 is 0 Å². The molecule has 0 saturated heterocycles. The highest BCUT2D eigenvalue weighted by atomic mass is 16.5. The first-order chi connectivity index (χ1) is 12.6. The first-order valence-corrected chi connectivity index (χ1v) is 8.09. The number of rotatable bonds is 5. The summed E-state index contributed by atoms with van der Waals surface area (Å²) in [7, 11) is 3.52. The summed E-state index contributed by atoms with van der Waals surface area (Å²) < 4.78 is 12.9. The van der Waals surface area contributed by atoms with E-state index in [1.807, 2.05) is 42.1 Å². The Hall–Kier alpha value is -3.48. The van der Waals surface area contributed by atoms with Gasteiger partial charge in [-0.05, 0) is 24.3 Å². The first kappa shape index (κ1) is 16.0. The van der Waals surface area contributed by atoms with Gasteiger partial charge in [0.1, 0.15) is 5.65 Å². The summed E-state index contributed by atoms with van der Waals surface area (Å²) in [6.45, 7) is -0.202. The van der Waals surface area contributed by atoms with E-state index in [2.05, 4.69) is 16.0 Å². The number of nitrogens with one attached hydrogen (secondary N) is 1. The number of ether oxygens (including phenoxy) is 2. The van der Waals surface area contributed by atoms with Crippen molar-refractivity contribution in [1.82, 2.24) is 14.5 Å². The van der Waals surface area contributed by atoms with Crippen LogP contribution in [0.2, 0.25) is 0 Å². The van der Waals surface area contributed by atoms with Gasteiger partial charge in [0.15, 0.2) is 18.1 Å². The van der Waals surface area contributed by atoms with Crippen LogP contribution in [-0.2, 0) is 11.8 Å². The quantitative estimate of drug-likeness (QED) is 0.578. The van der Waals surface area contributed by atoms with E-state index in [0.717, 1.165) is 33.2 Å². The van der Waals surface area contributed by atoms with Crippen LogP contribution in [-0.4, -0.2) is 34.2 Å². The van der Waals surface area contributed by atoms with E-state index in [0.29, 0.717) is 11.5 Å². The number of H-pyrrole nitrogens is 1. The first-order valence-electron chi connectivity index (χ1n) is 8.09. The van der Waals surface area contributed by atoms with E-state index in [1.54, 1.807) is 13.3 Å². The zero-order valence-corrected chi connectivity index (χ0v) is 14.4. The van der Waals surface area contributed by atoms with Crippen molar-refractivity contribution < 1.29 is 14.3 Å². The van der Waals surface area contributed by atoms with Crippen LogP contribution >= 0.6 is 0 Å². The maximum absolute atomic E-state index is 11.0. The van der Waals surface area contributed by atoms with Gasteiger partial charge in [0, 0.05) is 47.5 Å². The number of primary amides is 1. The van der Waals surface area contributed by atoms with Crippen LogP contribution in [0.1, 0.15) is 0 Å². The fourth-order valence-corrected chi connectivity index (χ4v) is 3.13. The molecule has 3 N–H and O–H groups in total. The molecular weight excluding hydrogens is 332 g/mol. The normalized spacial score (nSPS) is 11.2. The number of fused-ring (bicyclic) bond motifs is 2. The van der Waals surface area contributed by atoms with E-state index in [4.69, 9.17) is 15.2 Å². The number of hydrogen-bond donors (Lipinski definition) is 2. The number of aryl methyl sites for hydroxylation is 1. The third-order valence-corrected chi connectivity index (χ3v) is 4.33. The highest BCUT2D eigenvalue weighted by Crippen LogP contribution is 2.38. The van der Waals surface area contributed by atoms with Crippen molar-refractivity contribution in [1.29, 1.82) is 0 Å². The number of aromatic nitrogens is 3. The van der Waals surface area contributed by atoms with E-state index in [1.165, 1.54) is 0 Å². The van der Waals surface area contributed by atoms with Gasteiger partial charge >= 0.3 is 0 Å². The maximum Gasteiger partial charge on any atom is 0.255 e. The fourth-order valence-electron chi connectivity index (χ4n) is 3.13. The van der Waals surface area contributed by atoms with Gasteiger partial charge in [-0.3, -0.25) is 4.79 Å². The number of nitrogens with zero attached hydrogens (tertiary/aromatic N) is 2. The number of methoxy groups -OCH3 is 1. The third-order valence-electron chi connectivity index (χ3n) is 4.33. The summed E-state index contributed by atoms with van der Waals surface area (Å²) in [6.07, 6.45) is 3.80. The third kappa shape index (κ3) is 2.63. The van der Waals surface area contributed by atoms with Crippen molar-refractivity contribution in [3.63, 3.8) is 0 Å². The predicted molar refractivity (Wildman–Crippen MR) is 99.2 cm³/mol. The minimum atomic E-state index is -0.537. The number of pyridine rings is 1. The van der Waals surface area contributed by atoms with Gasteiger partial charge < -0.3 is 24.8 Å². The van der Waals surface area contributed by atoms with E-state index in [9.17, 15) is 4.79 Å². The number of amides is 1. The summed E-state index contributed by atoms with van der Waals surface area (Å²) in [5.41, 5.74) is 8.96. The molecule has 0 bridgehead atoms. The number of nitrogens with two attached hydrogens (primary N) is 1. The van der Waals surface area contributed by atoms with Crippen molar-refractivity contribution >= 4 is 27.8 Å². The number of aromatic amines is 1. The highest BCUT2D eigenvalue weighted by molar-refractivity contribution is 5.99. The zero-order valence-electron chi connectivity index (χ0n) is 14.4. The van der Waals surface area contributed by atoms with Crippen LogP contribution in [0, 0.1) is 0 Å². The van der Waals surface area contributed by atoms with Gasteiger partial charge in [-0.1, -0.05) is 0 Å². The smallest absolute Gasteiger partial charge is 0.255 e. The van der Waals surface area contributed by atoms with Gasteiger partial charge in [0.05, 0.1) is 12.6 Å². The molecule has 7 heteroatoms. The molecule has 1 amide bonds. The Labute approximate surface area is 149 Å². The fraction of sp³-hybridized carbons (Fsp3) is 0.158. The summed E-state index contributed by atoms with van der Waals surface area (Å²) in [5.74, 6) is 0.482. The van der Waals surface area contributed by atoms with Crippen molar-refractivity contribution in [2.24, 2.45) is 12.8 Å². The molecule has 0 aliphatic carbocycles. The van der Waals surface area contributed by atoms with Crippen molar-refractivity contribution in [3.8, 4) is 22.8 Å². The molecule has 0 fully saturated rings. The molecule has 4 aromatic rings. The molecule has 1 aromatic carbocycles. The second-order valence-corrected chi connectivity index (χ2v) is 6.05. The molecule has 0 radical (unpaired) electrons. The van der Waals surface area contributed by atoms with Gasteiger partial charge in [-0.25, -0.2) is 4.98 Å². The summed E-state index contributed by atoms with van der Waals surface area (Å²) in [6, 6.07) is 9.75. The number of benzene rings is 1. The summed E-state index contributed by atoms with van der Waals surface area (Å²) >= 11 is 0. The Morgan fingerprint density at radius 3 is 2.88 bits per heavy atom. The lowest BCUT2D eigenvalue weighted by molar-refractivity contribution is -0.119. The lowest BCUT2D eigenvalue weighted by atomic mass is 10.1. The van der Waals surface area contributed by atoms with Crippen LogP contribution in [0.5, 0.6) is 11.5 Å². The molecule has 0 aliphatic heterocycles. The maximum atomic E-state index is 11.0. The van der Waals surface area contributed by atoms with E-state index < -0.39 is 5.91 Å². The lowest BCUT2D eigenvalue weighted by Crippen LogP contribution is -2.20. The minimum absolute atomic E-state index is 0.202.